The Morgan fingerprint density at radius 3 is 2.33 bits per heavy atom. The highest BCUT2D eigenvalue weighted by molar-refractivity contribution is 5.80. The Hall–Kier alpha value is -2.61. The van der Waals surface area contributed by atoms with Gasteiger partial charge in [-0.2, -0.15) is 0 Å². The van der Waals surface area contributed by atoms with Crippen LogP contribution in [0.15, 0.2) is 77.7 Å². The Bertz CT molecular complexity index is 733. The summed E-state index contributed by atoms with van der Waals surface area (Å²) in [5.74, 6) is 0. The van der Waals surface area contributed by atoms with E-state index in [1.54, 1.807) is 24.3 Å². The third-order valence-corrected chi connectivity index (χ3v) is 2.66. The summed E-state index contributed by atoms with van der Waals surface area (Å²) >= 11 is 0. The van der Waals surface area contributed by atoms with Gasteiger partial charge in [0.05, 0.1) is 11.6 Å². The van der Waals surface area contributed by atoms with E-state index in [1.807, 2.05) is 31.2 Å². The molecular formula is C22H28O2. The summed E-state index contributed by atoms with van der Waals surface area (Å²) in [5.41, 5.74) is 2.18. The topological polar surface area (TPSA) is 30.2 Å². The normalized spacial score (nSPS) is 9.46. The molecule has 2 heteroatoms. The first-order valence-electron chi connectivity index (χ1n) is 8.10. The SMILES string of the molecule is C=C/C=C\c1ccc2occ(CC=C)c(=O)c2c1.C=CC.CCC. The van der Waals surface area contributed by atoms with E-state index in [-0.39, 0.29) is 5.43 Å². The van der Waals surface area contributed by atoms with Gasteiger partial charge >= 0.3 is 0 Å². The monoisotopic (exact) mass is 324 g/mol. The first-order valence-corrected chi connectivity index (χ1v) is 8.10. The first-order chi connectivity index (χ1) is 11.6. The molecule has 24 heavy (non-hydrogen) atoms. The van der Waals surface area contributed by atoms with Crippen LogP contribution in [0.5, 0.6) is 0 Å². The largest absolute Gasteiger partial charge is 0.464 e. The van der Waals surface area contributed by atoms with Gasteiger partial charge in [-0.1, -0.05) is 63.3 Å². The van der Waals surface area contributed by atoms with Crippen molar-refractivity contribution in [3.63, 3.8) is 0 Å². The van der Waals surface area contributed by atoms with E-state index >= 15 is 0 Å². The van der Waals surface area contributed by atoms with Crippen molar-refractivity contribution in [3.8, 4) is 0 Å². The second kappa shape index (κ2) is 12.9. The van der Waals surface area contributed by atoms with Crippen molar-refractivity contribution in [2.45, 2.75) is 33.6 Å². The zero-order valence-electron chi connectivity index (χ0n) is 15.0. The van der Waals surface area contributed by atoms with E-state index in [1.165, 1.54) is 12.7 Å². The quantitative estimate of drug-likeness (QED) is 0.486. The fourth-order valence-electron chi connectivity index (χ4n) is 1.77. The molecule has 0 unspecified atom stereocenters. The molecule has 128 valence electrons. The lowest BCUT2D eigenvalue weighted by atomic mass is 10.1. The molecule has 0 aliphatic heterocycles. The van der Waals surface area contributed by atoms with Crippen molar-refractivity contribution in [1.29, 1.82) is 0 Å². The molecule has 0 aliphatic rings. The van der Waals surface area contributed by atoms with Crippen LogP contribution in [-0.2, 0) is 6.42 Å². The van der Waals surface area contributed by atoms with E-state index in [9.17, 15) is 4.79 Å². The van der Waals surface area contributed by atoms with Crippen LogP contribution in [0.25, 0.3) is 17.0 Å². The van der Waals surface area contributed by atoms with Crippen molar-refractivity contribution in [2.75, 3.05) is 0 Å². The minimum Gasteiger partial charge on any atom is -0.464 e. The van der Waals surface area contributed by atoms with Gasteiger partial charge in [0.25, 0.3) is 0 Å². The van der Waals surface area contributed by atoms with Crippen LogP contribution in [0, 0.1) is 0 Å². The highest BCUT2D eigenvalue weighted by Crippen LogP contribution is 2.15. The molecule has 1 aromatic carbocycles. The van der Waals surface area contributed by atoms with E-state index in [2.05, 4.69) is 33.6 Å². The lowest BCUT2D eigenvalue weighted by Gasteiger charge is -2.01. The second-order valence-corrected chi connectivity index (χ2v) is 5.05. The molecule has 0 saturated heterocycles. The van der Waals surface area contributed by atoms with Gasteiger partial charge in [0.15, 0.2) is 5.43 Å². The van der Waals surface area contributed by atoms with Crippen LogP contribution in [0.3, 0.4) is 0 Å². The smallest absolute Gasteiger partial charge is 0.196 e. The van der Waals surface area contributed by atoms with Gasteiger partial charge in [0.1, 0.15) is 5.58 Å². The molecule has 0 saturated carbocycles. The Labute approximate surface area is 145 Å². The van der Waals surface area contributed by atoms with E-state index in [0.717, 1.165) is 5.56 Å². The van der Waals surface area contributed by atoms with Gasteiger partial charge in [-0.05, 0) is 31.0 Å². The molecule has 0 atom stereocenters. The minimum atomic E-state index is 0.00463. The predicted molar refractivity (Wildman–Crippen MR) is 107 cm³/mol. The molecule has 1 aromatic heterocycles. The molecule has 0 fully saturated rings. The maximum atomic E-state index is 12.2. The number of benzene rings is 1. The number of rotatable bonds is 4. The number of hydrogen-bond donors (Lipinski definition) is 0. The maximum absolute atomic E-state index is 12.2. The predicted octanol–water partition coefficient (Wildman–Crippen LogP) is 6.33. The van der Waals surface area contributed by atoms with Gasteiger partial charge in [-0.3, -0.25) is 4.79 Å². The van der Waals surface area contributed by atoms with Crippen LogP contribution in [0.1, 0.15) is 38.3 Å². The van der Waals surface area contributed by atoms with E-state index in [4.69, 9.17) is 4.42 Å². The summed E-state index contributed by atoms with van der Waals surface area (Å²) in [4.78, 5) is 12.2. The number of hydrogen-bond acceptors (Lipinski definition) is 2. The Morgan fingerprint density at radius 1 is 1.17 bits per heavy atom. The summed E-state index contributed by atoms with van der Waals surface area (Å²) in [5, 5.41) is 0.598. The van der Waals surface area contributed by atoms with Crippen molar-refractivity contribution < 1.29 is 4.42 Å². The van der Waals surface area contributed by atoms with Crippen LogP contribution >= 0.6 is 0 Å². The van der Waals surface area contributed by atoms with Gasteiger partial charge < -0.3 is 4.42 Å². The minimum absolute atomic E-state index is 0.00463. The van der Waals surface area contributed by atoms with Crippen LogP contribution in [0.2, 0.25) is 0 Å². The number of fused-ring (bicyclic) bond motifs is 1. The van der Waals surface area contributed by atoms with Crippen LogP contribution in [0.4, 0.5) is 0 Å². The van der Waals surface area contributed by atoms with Crippen LogP contribution < -0.4 is 5.43 Å². The average molecular weight is 324 g/mol. The summed E-state index contributed by atoms with van der Waals surface area (Å²) in [6.07, 6.45) is 12.1. The lowest BCUT2D eigenvalue weighted by molar-refractivity contribution is 0.595. The molecule has 0 N–H and O–H groups in total. The van der Waals surface area contributed by atoms with Gasteiger partial charge in [-0.25, -0.2) is 0 Å². The Balaban J connectivity index is 0.000000772. The summed E-state index contributed by atoms with van der Waals surface area (Å²) in [6, 6.07) is 5.53. The standard InChI is InChI=1S/C16H14O2.C3H8.C3H6/c1-3-5-7-12-8-9-15-14(10-12)16(17)13(6-4-2)11-18-15;2*1-3-2/h3-5,7-11H,1-2,6H2;3H2,1-2H3;3H,1H2,2H3/b7-5-;;. The number of allylic oxidation sites excluding steroid dienone is 4. The fraction of sp³-hybridized carbons (Fsp3) is 0.227. The molecule has 0 radical (unpaired) electrons. The van der Waals surface area contributed by atoms with E-state index in [0.29, 0.717) is 23.0 Å². The van der Waals surface area contributed by atoms with Crippen LogP contribution in [-0.4, -0.2) is 0 Å². The molecule has 2 rings (SSSR count). The highest BCUT2D eigenvalue weighted by atomic mass is 16.3. The molecule has 2 aromatic rings. The third kappa shape index (κ3) is 7.10. The lowest BCUT2D eigenvalue weighted by Crippen LogP contribution is -2.07. The van der Waals surface area contributed by atoms with Gasteiger partial charge in [0.2, 0.25) is 0 Å². The average Bonchev–Trinajstić information content (AvgIpc) is 2.57. The van der Waals surface area contributed by atoms with Gasteiger partial charge in [0, 0.05) is 5.56 Å². The summed E-state index contributed by atoms with van der Waals surface area (Å²) in [7, 11) is 0. The summed E-state index contributed by atoms with van der Waals surface area (Å²) < 4.78 is 5.44. The Morgan fingerprint density at radius 2 is 1.79 bits per heavy atom. The zero-order chi connectivity index (χ0) is 18.4. The van der Waals surface area contributed by atoms with Crippen molar-refractivity contribution >= 4 is 17.0 Å². The summed E-state index contributed by atoms with van der Waals surface area (Å²) in [6.45, 7) is 16.7. The second-order valence-electron chi connectivity index (χ2n) is 5.05. The van der Waals surface area contributed by atoms with Crippen molar-refractivity contribution in [2.24, 2.45) is 0 Å². The molecule has 0 amide bonds. The molecular weight excluding hydrogens is 296 g/mol. The zero-order valence-corrected chi connectivity index (χ0v) is 15.0. The third-order valence-electron chi connectivity index (χ3n) is 2.66. The molecule has 1 heterocycles. The van der Waals surface area contributed by atoms with Crippen molar-refractivity contribution in [3.05, 3.63) is 89.9 Å². The first kappa shape index (κ1) is 21.4. The molecule has 0 aliphatic carbocycles. The van der Waals surface area contributed by atoms with E-state index < -0.39 is 0 Å². The fourth-order valence-corrected chi connectivity index (χ4v) is 1.77. The Kier molecular flexibility index (Phi) is 11.5. The van der Waals surface area contributed by atoms with Gasteiger partial charge in [-0.15, -0.1) is 13.2 Å². The maximum Gasteiger partial charge on any atom is 0.196 e. The molecule has 0 bridgehead atoms. The molecule has 0 spiro atoms. The molecule has 2 nitrogen and oxygen atoms in total. The highest BCUT2D eigenvalue weighted by Gasteiger charge is 2.05. The van der Waals surface area contributed by atoms with Crippen molar-refractivity contribution in [1.82, 2.24) is 0 Å².